The summed E-state index contributed by atoms with van der Waals surface area (Å²) < 4.78 is 9.87. The molecule has 0 heterocycles. The molecule has 126 valence electrons. The Labute approximate surface area is 140 Å². The van der Waals surface area contributed by atoms with Gasteiger partial charge >= 0.3 is 5.97 Å². The normalized spacial score (nSPS) is 10.1. The molecule has 0 radical (unpaired) electrons. The Balaban J connectivity index is 1.96. The highest BCUT2D eigenvalue weighted by Crippen LogP contribution is 2.24. The van der Waals surface area contributed by atoms with Crippen LogP contribution >= 0.6 is 0 Å². The second-order valence-corrected chi connectivity index (χ2v) is 5.25. The monoisotopic (exact) mass is 329 g/mol. The van der Waals surface area contributed by atoms with Crippen molar-refractivity contribution in [1.82, 2.24) is 0 Å². The summed E-state index contributed by atoms with van der Waals surface area (Å²) in [6, 6.07) is 9.74. The fourth-order valence-electron chi connectivity index (χ4n) is 2.09. The fourth-order valence-corrected chi connectivity index (χ4v) is 2.09. The number of carbonyl (C=O) groups excluding carboxylic acids is 2. The average molecular weight is 329 g/mol. The maximum absolute atomic E-state index is 11.9. The lowest BCUT2D eigenvalue weighted by Gasteiger charge is -2.11. The molecule has 0 unspecified atom stereocenters. The van der Waals surface area contributed by atoms with E-state index in [9.17, 15) is 14.7 Å². The van der Waals surface area contributed by atoms with Gasteiger partial charge in [-0.3, -0.25) is 4.79 Å². The number of phenolic OH excluding ortho intramolecular Hbond substituents is 1. The van der Waals surface area contributed by atoms with Gasteiger partial charge in [-0.25, -0.2) is 4.79 Å². The number of nitrogens with one attached hydrogen (secondary N) is 1. The molecule has 0 aliphatic carbocycles. The first-order chi connectivity index (χ1) is 11.4. The number of hydrogen-bond donors (Lipinski definition) is 2. The maximum atomic E-state index is 11.9. The number of phenols is 1. The first kappa shape index (κ1) is 17.3. The van der Waals surface area contributed by atoms with Crippen molar-refractivity contribution < 1.29 is 24.2 Å². The molecule has 0 saturated carbocycles. The summed E-state index contributed by atoms with van der Waals surface area (Å²) in [5.41, 5.74) is 2.64. The van der Waals surface area contributed by atoms with Gasteiger partial charge in [0.2, 0.25) is 0 Å². The lowest BCUT2D eigenvalue weighted by Crippen LogP contribution is -2.21. The molecule has 1 amide bonds. The lowest BCUT2D eigenvalue weighted by molar-refractivity contribution is -0.119. The summed E-state index contributed by atoms with van der Waals surface area (Å²) in [4.78, 5) is 23.9. The predicted molar refractivity (Wildman–Crippen MR) is 89.5 cm³/mol. The molecule has 6 heteroatoms. The zero-order valence-electron chi connectivity index (χ0n) is 13.8. The fraction of sp³-hybridized carbons (Fsp3) is 0.222. The van der Waals surface area contributed by atoms with Crippen molar-refractivity contribution in [2.75, 3.05) is 19.0 Å². The molecule has 6 nitrogen and oxygen atoms in total. The Morgan fingerprint density at radius 1 is 1.17 bits per heavy atom. The van der Waals surface area contributed by atoms with E-state index in [4.69, 9.17) is 9.47 Å². The number of carbonyl (C=O) groups is 2. The summed E-state index contributed by atoms with van der Waals surface area (Å²) in [6.45, 7) is 3.39. The smallest absolute Gasteiger partial charge is 0.342 e. The third-order valence-corrected chi connectivity index (χ3v) is 3.64. The van der Waals surface area contributed by atoms with Crippen LogP contribution in [0.3, 0.4) is 0 Å². The van der Waals surface area contributed by atoms with Crippen molar-refractivity contribution in [3.8, 4) is 11.5 Å². The molecule has 2 aromatic carbocycles. The molecule has 0 bridgehead atoms. The van der Waals surface area contributed by atoms with Gasteiger partial charge in [-0.05, 0) is 43.2 Å². The third-order valence-electron chi connectivity index (χ3n) is 3.64. The topological polar surface area (TPSA) is 84.9 Å². The first-order valence-corrected chi connectivity index (χ1v) is 7.32. The number of anilines is 1. The largest absolute Gasteiger partial charge is 0.507 e. The molecule has 0 aliphatic heterocycles. The van der Waals surface area contributed by atoms with Crippen LogP contribution in [0.15, 0.2) is 36.4 Å². The minimum Gasteiger partial charge on any atom is -0.507 e. The number of methoxy groups -OCH3 is 1. The number of aryl methyl sites for hydroxylation is 1. The number of hydrogen-bond acceptors (Lipinski definition) is 5. The SMILES string of the molecule is COc1ccc(C(=O)OCC(=O)Nc2cccc(C)c2C)c(O)c1. The summed E-state index contributed by atoms with van der Waals surface area (Å²) in [5, 5.41) is 12.5. The van der Waals surface area contributed by atoms with Crippen LogP contribution in [0.5, 0.6) is 11.5 Å². The Morgan fingerprint density at radius 2 is 1.92 bits per heavy atom. The van der Waals surface area contributed by atoms with E-state index in [1.807, 2.05) is 26.0 Å². The molecule has 24 heavy (non-hydrogen) atoms. The molecule has 2 rings (SSSR count). The number of esters is 1. The maximum Gasteiger partial charge on any atom is 0.342 e. The summed E-state index contributed by atoms with van der Waals surface area (Å²) in [7, 11) is 1.45. The van der Waals surface area contributed by atoms with Crippen LogP contribution in [0.4, 0.5) is 5.69 Å². The second kappa shape index (κ2) is 7.50. The Kier molecular flexibility index (Phi) is 5.42. The lowest BCUT2D eigenvalue weighted by atomic mass is 10.1. The van der Waals surface area contributed by atoms with Gasteiger partial charge in [-0.15, -0.1) is 0 Å². The molecule has 0 fully saturated rings. The van der Waals surface area contributed by atoms with E-state index in [1.54, 1.807) is 6.07 Å². The second-order valence-electron chi connectivity index (χ2n) is 5.25. The van der Waals surface area contributed by atoms with Crippen LogP contribution in [-0.2, 0) is 9.53 Å². The van der Waals surface area contributed by atoms with Gasteiger partial charge in [-0.1, -0.05) is 12.1 Å². The van der Waals surface area contributed by atoms with E-state index in [-0.39, 0.29) is 11.3 Å². The van der Waals surface area contributed by atoms with Crippen molar-refractivity contribution in [3.63, 3.8) is 0 Å². The molecular formula is C18H19NO5. The highest BCUT2D eigenvalue weighted by molar-refractivity contribution is 5.97. The van der Waals surface area contributed by atoms with Gasteiger partial charge in [0.05, 0.1) is 7.11 Å². The zero-order chi connectivity index (χ0) is 17.7. The van der Waals surface area contributed by atoms with Crippen LogP contribution in [0.25, 0.3) is 0 Å². The predicted octanol–water partition coefficient (Wildman–Crippen LogP) is 2.81. The molecule has 2 aromatic rings. The van der Waals surface area contributed by atoms with Gasteiger partial charge in [-0.2, -0.15) is 0 Å². The molecule has 2 N–H and O–H groups in total. The van der Waals surface area contributed by atoms with Crippen molar-refractivity contribution in [1.29, 1.82) is 0 Å². The Bertz CT molecular complexity index is 770. The van der Waals surface area contributed by atoms with Gasteiger partial charge in [0.15, 0.2) is 6.61 Å². The van der Waals surface area contributed by atoms with Crippen molar-refractivity contribution in [2.24, 2.45) is 0 Å². The number of aromatic hydroxyl groups is 1. The first-order valence-electron chi connectivity index (χ1n) is 7.32. The molecule has 0 aliphatic rings. The van der Waals surface area contributed by atoms with Crippen LogP contribution in [-0.4, -0.2) is 30.7 Å². The van der Waals surface area contributed by atoms with Crippen molar-refractivity contribution in [3.05, 3.63) is 53.1 Å². The summed E-state index contributed by atoms with van der Waals surface area (Å²) >= 11 is 0. The minimum absolute atomic E-state index is 0.0321. The van der Waals surface area contributed by atoms with E-state index in [0.717, 1.165) is 11.1 Å². The van der Waals surface area contributed by atoms with Crippen molar-refractivity contribution in [2.45, 2.75) is 13.8 Å². The number of benzene rings is 2. The average Bonchev–Trinajstić information content (AvgIpc) is 2.56. The van der Waals surface area contributed by atoms with E-state index < -0.39 is 18.5 Å². The zero-order valence-corrected chi connectivity index (χ0v) is 13.8. The van der Waals surface area contributed by atoms with E-state index >= 15 is 0 Å². The Morgan fingerprint density at radius 3 is 2.58 bits per heavy atom. The Hall–Kier alpha value is -3.02. The number of rotatable bonds is 5. The standard InChI is InChI=1S/C18H19NO5/c1-11-5-4-6-15(12(11)2)19-17(21)10-24-18(22)14-8-7-13(23-3)9-16(14)20/h4-9,20H,10H2,1-3H3,(H,19,21). The molecular weight excluding hydrogens is 310 g/mol. The van der Waals surface area contributed by atoms with Crippen LogP contribution in [0.2, 0.25) is 0 Å². The van der Waals surface area contributed by atoms with Gasteiger partial charge in [0.1, 0.15) is 17.1 Å². The molecule has 0 atom stereocenters. The number of amides is 1. The molecule has 0 saturated heterocycles. The molecule has 0 spiro atoms. The third kappa shape index (κ3) is 4.04. The summed E-state index contributed by atoms with van der Waals surface area (Å²) in [5.74, 6) is -1.10. The van der Waals surface area contributed by atoms with Crippen molar-refractivity contribution >= 4 is 17.6 Å². The highest BCUT2D eigenvalue weighted by Gasteiger charge is 2.15. The van der Waals surface area contributed by atoms with Gasteiger partial charge in [0, 0.05) is 11.8 Å². The van der Waals surface area contributed by atoms with Crippen LogP contribution in [0, 0.1) is 13.8 Å². The van der Waals surface area contributed by atoms with E-state index in [2.05, 4.69) is 5.32 Å². The van der Waals surface area contributed by atoms with E-state index in [1.165, 1.54) is 25.3 Å². The van der Waals surface area contributed by atoms with Crippen LogP contribution < -0.4 is 10.1 Å². The quantitative estimate of drug-likeness (QED) is 0.824. The van der Waals surface area contributed by atoms with Crippen LogP contribution in [0.1, 0.15) is 21.5 Å². The van der Waals surface area contributed by atoms with E-state index in [0.29, 0.717) is 11.4 Å². The highest BCUT2D eigenvalue weighted by atomic mass is 16.5. The van der Waals surface area contributed by atoms with Gasteiger partial charge < -0.3 is 19.9 Å². The minimum atomic E-state index is -0.786. The number of ether oxygens (including phenoxy) is 2. The molecule has 0 aromatic heterocycles. The van der Waals surface area contributed by atoms with Gasteiger partial charge in [0.25, 0.3) is 5.91 Å². The summed E-state index contributed by atoms with van der Waals surface area (Å²) in [6.07, 6.45) is 0.